The summed E-state index contributed by atoms with van der Waals surface area (Å²) < 4.78 is 5.61. The third kappa shape index (κ3) is 2.39. The van der Waals surface area contributed by atoms with Gasteiger partial charge in [0.05, 0.1) is 17.2 Å². The van der Waals surface area contributed by atoms with E-state index >= 15 is 0 Å². The summed E-state index contributed by atoms with van der Waals surface area (Å²) in [5, 5.41) is 12.0. The van der Waals surface area contributed by atoms with Crippen LogP contribution in [-0.4, -0.2) is 17.6 Å². The lowest BCUT2D eigenvalue weighted by molar-refractivity contribution is 0.297. The highest BCUT2D eigenvalue weighted by atomic mass is 35.5. The third-order valence-electron chi connectivity index (χ3n) is 2.51. The first-order valence-electron chi connectivity index (χ1n) is 5.11. The highest BCUT2D eigenvalue weighted by molar-refractivity contribution is 6.34. The van der Waals surface area contributed by atoms with Gasteiger partial charge in [0.2, 0.25) is 0 Å². The molecule has 4 nitrogen and oxygen atoms in total. The highest BCUT2D eigenvalue weighted by Gasteiger charge is 2.23. The van der Waals surface area contributed by atoms with Gasteiger partial charge >= 0.3 is 0 Å². The topological polar surface area (TPSA) is 67.8 Å². The third-order valence-corrected chi connectivity index (χ3v) is 2.83. The van der Waals surface area contributed by atoms with Crippen LogP contribution in [0.4, 0.5) is 0 Å². The van der Waals surface area contributed by atoms with E-state index in [1.165, 1.54) is 12.8 Å². The minimum absolute atomic E-state index is 0.0311. The van der Waals surface area contributed by atoms with Crippen molar-refractivity contribution in [3.63, 3.8) is 0 Å². The number of nitrogens with zero attached hydrogens (tertiary/aromatic N) is 1. The molecule has 0 unspecified atom stereocenters. The predicted octanol–water partition coefficient (Wildman–Crippen LogP) is 2.22. The number of hydrogen-bond donors (Lipinski definition) is 2. The second kappa shape index (κ2) is 4.61. The number of ether oxygens (including phenoxy) is 1. The summed E-state index contributed by atoms with van der Waals surface area (Å²) in [6.07, 6.45) is 2.42. The number of halogens is 1. The van der Waals surface area contributed by atoms with Gasteiger partial charge in [-0.1, -0.05) is 22.8 Å². The van der Waals surface area contributed by atoms with Crippen LogP contribution in [0.2, 0.25) is 5.02 Å². The van der Waals surface area contributed by atoms with Gasteiger partial charge in [-0.3, -0.25) is 0 Å². The number of benzene rings is 1. The van der Waals surface area contributed by atoms with Crippen LogP contribution in [0.25, 0.3) is 0 Å². The molecule has 1 saturated carbocycles. The maximum absolute atomic E-state index is 8.68. The molecule has 0 saturated heterocycles. The second-order valence-electron chi connectivity index (χ2n) is 3.85. The molecule has 0 atom stereocenters. The monoisotopic (exact) mass is 240 g/mol. The Bertz CT molecular complexity index is 416. The number of oxime groups is 1. The Morgan fingerprint density at radius 3 is 2.94 bits per heavy atom. The zero-order valence-corrected chi connectivity index (χ0v) is 9.44. The first-order valence-corrected chi connectivity index (χ1v) is 5.49. The van der Waals surface area contributed by atoms with E-state index in [-0.39, 0.29) is 5.84 Å². The van der Waals surface area contributed by atoms with Crippen LogP contribution in [0.5, 0.6) is 5.75 Å². The van der Waals surface area contributed by atoms with Gasteiger partial charge in [-0.05, 0) is 30.9 Å². The van der Waals surface area contributed by atoms with E-state index in [2.05, 4.69) is 5.16 Å². The summed E-state index contributed by atoms with van der Waals surface area (Å²) in [6.45, 7) is 0.659. The van der Waals surface area contributed by atoms with Crippen LogP contribution in [0.15, 0.2) is 23.4 Å². The fourth-order valence-electron chi connectivity index (χ4n) is 1.42. The molecule has 16 heavy (non-hydrogen) atoms. The molecule has 1 fully saturated rings. The maximum Gasteiger partial charge on any atom is 0.175 e. The van der Waals surface area contributed by atoms with Crippen molar-refractivity contribution in [3.05, 3.63) is 28.8 Å². The second-order valence-corrected chi connectivity index (χ2v) is 4.26. The Balaban J connectivity index is 2.23. The van der Waals surface area contributed by atoms with Gasteiger partial charge in [0.1, 0.15) is 5.75 Å². The van der Waals surface area contributed by atoms with Crippen molar-refractivity contribution in [2.45, 2.75) is 12.8 Å². The van der Waals surface area contributed by atoms with E-state index in [1.54, 1.807) is 18.2 Å². The Morgan fingerprint density at radius 2 is 2.31 bits per heavy atom. The van der Waals surface area contributed by atoms with E-state index in [0.717, 1.165) is 0 Å². The van der Waals surface area contributed by atoms with Crippen molar-refractivity contribution in [1.82, 2.24) is 0 Å². The van der Waals surface area contributed by atoms with E-state index in [1.807, 2.05) is 0 Å². The minimum atomic E-state index is -0.0311. The first-order chi connectivity index (χ1) is 7.72. The van der Waals surface area contributed by atoms with Crippen molar-refractivity contribution in [1.29, 1.82) is 0 Å². The van der Waals surface area contributed by atoms with Gasteiger partial charge in [-0.15, -0.1) is 0 Å². The molecule has 1 aromatic carbocycles. The van der Waals surface area contributed by atoms with E-state index < -0.39 is 0 Å². The van der Waals surface area contributed by atoms with Crippen LogP contribution in [0.3, 0.4) is 0 Å². The molecule has 3 N–H and O–H groups in total. The van der Waals surface area contributed by atoms with Crippen LogP contribution in [0.1, 0.15) is 18.4 Å². The van der Waals surface area contributed by atoms with Crippen LogP contribution >= 0.6 is 11.6 Å². The van der Waals surface area contributed by atoms with Crippen molar-refractivity contribution < 1.29 is 9.94 Å². The lowest BCUT2D eigenvalue weighted by atomic mass is 10.2. The summed E-state index contributed by atoms with van der Waals surface area (Å²) >= 11 is 5.98. The number of amidine groups is 1. The molecule has 5 heteroatoms. The molecule has 0 amide bonds. The fourth-order valence-corrected chi connectivity index (χ4v) is 1.68. The Labute approximate surface area is 98.7 Å². The van der Waals surface area contributed by atoms with Gasteiger partial charge in [-0.2, -0.15) is 0 Å². The molecular formula is C11H13ClN2O2. The molecule has 0 spiro atoms. The molecule has 0 aromatic heterocycles. The number of nitrogens with two attached hydrogens (primary N) is 1. The zero-order chi connectivity index (χ0) is 11.5. The van der Waals surface area contributed by atoms with Crippen molar-refractivity contribution in [2.24, 2.45) is 16.8 Å². The fraction of sp³-hybridized carbons (Fsp3) is 0.364. The molecule has 0 bridgehead atoms. The Hall–Kier alpha value is -1.42. The Kier molecular flexibility index (Phi) is 3.19. The van der Waals surface area contributed by atoms with E-state index in [9.17, 15) is 0 Å². The van der Waals surface area contributed by atoms with Gasteiger partial charge in [0.15, 0.2) is 5.84 Å². The molecule has 1 aromatic rings. The number of rotatable bonds is 4. The largest absolute Gasteiger partial charge is 0.492 e. The summed E-state index contributed by atoms with van der Waals surface area (Å²) in [4.78, 5) is 0. The average Bonchev–Trinajstić information content (AvgIpc) is 3.09. The first kappa shape index (κ1) is 11.1. The lowest BCUT2D eigenvalue weighted by Crippen LogP contribution is -2.16. The number of hydrogen-bond acceptors (Lipinski definition) is 3. The summed E-state index contributed by atoms with van der Waals surface area (Å²) in [5.74, 6) is 1.17. The highest BCUT2D eigenvalue weighted by Crippen LogP contribution is 2.32. The smallest absolute Gasteiger partial charge is 0.175 e. The van der Waals surface area contributed by atoms with Crippen LogP contribution in [0, 0.1) is 5.92 Å². The van der Waals surface area contributed by atoms with Gasteiger partial charge in [-0.25, -0.2) is 0 Å². The lowest BCUT2D eigenvalue weighted by Gasteiger charge is -2.11. The predicted molar refractivity (Wildman–Crippen MR) is 62.2 cm³/mol. The average molecular weight is 241 g/mol. The maximum atomic E-state index is 8.68. The molecule has 0 heterocycles. The SMILES string of the molecule is NC(=NO)c1c(Cl)cccc1OCC1CC1. The van der Waals surface area contributed by atoms with E-state index in [4.69, 9.17) is 27.3 Å². The minimum Gasteiger partial charge on any atom is -0.492 e. The normalized spacial score (nSPS) is 16.2. The van der Waals surface area contributed by atoms with Crippen molar-refractivity contribution >= 4 is 17.4 Å². The Morgan fingerprint density at radius 1 is 1.56 bits per heavy atom. The van der Waals surface area contributed by atoms with Gasteiger partial charge in [0.25, 0.3) is 0 Å². The molecule has 1 aliphatic carbocycles. The van der Waals surface area contributed by atoms with Crippen molar-refractivity contribution in [3.8, 4) is 5.75 Å². The molecule has 1 aliphatic rings. The molecule has 86 valence electrons. The quantitative estimate of drug-likeness (QED) is 0.367. The van der Waals surface area contributed by atoms with Crippen LogP contribution in [-0.2, 0) is 0 Å². The molecule has 2 rings (SSSR count). The van der Waals surface area contributed by atoms with Gasteiger partial charge in [0, 0.05) is 0 Å². The van der Waals surface area contributed by atoms with Crippen molar-refractivity contribution in [2.75, 3.05) is 6.61 Å². The summed E-state index contributed by atoms with van der Waals surface area (Å²) in [5.41, 5.74) is 6.00. The van der Waals surface area contributed by atoms with Gasteiger partial charge < -0.3 is 15.7 Å². The van der Waals surface area contributed by atoms with E-state index in [0.29, 0.717) is 28.9 Å². The summed E-state index contributed by atoms with van der Waals surface area (Å²) in [7, 11) is 0. The summed E-state index contributed by atoms with van der Waals surface area (Å²) in [6, 6.07) is 5.22. The zero-order valence-electron chi connectivity index (χ0n) is 8.69. The standard InChI is InChI=1S/C11H13ClN2O2/c12-8-2-1-3-9(10(8)11(13)14-15)16-6-7-4-5-7/h1-3,7,15H,4-6H2,(H2,13,14). The van der Waals surface area contributed by atoms with Crippen LogP contribution < -0.4 is 10.5 Å². The molecule has 0 radical (unpaired) electrons. The molecular weight excluding hydrogens is 228 g/mol. The molecule has 0 aliphatic heterocycles.